The summed E-state index contributed by atoms with van der Waals surface area (Å²) in [6, 6.07) is 19.3. The third-order valence-corrected chi connectivity index (χ3v) is 8.36. The third kappa shape index (κ3) is 3.87. The lowest BCUT2D eigenvalue weighted by Gasteiger charge is -2.56. The number of hydrogen-bond donors (Lipinski definition) is 1. The zero-order valence-electron chi connectivity index (χ0n) is 18.9. The standard InChI is InChI=1S/C29H34N2O/c32-28(30-29-16-22-13-23(17-29)15-24(14-22)18-29)12-6-9-25-20-31(19-21-7-2-1-3-8-21)27-11-5-4-10-26(25)27/h1-5,7-8,10-11,20,22-24H,6,9,12-19H2,(H,30,32). The van der Waals surface area contributed by atoms with Gasteiger partial charge < -0.3 is 9.88 Å². The van der Waals surface area contributed by atoms with Crippen molar-refractivity contribution in [1.29, 1.82) is 0 Å². The molecule has 3 heteroatoms. The number of carbonyl (C=O) groups excluding carboxylic acids is 1. The van der Waals surface area contributed by atoms with Crippen molar-refractivity contribution in [2.45, 2.75) is 69.9 Å². The fraction of sp³-hybridized carbons (Fsp3) is 0.483. The number of amides is 1. The number of hydrogen-bond acceptors (Lipinski definition) is 1. The number of para-hydroxylation sites is 1. The first-order valence-electron chi connectivity index (χ1n) is 12.6. The Balaban J connectivity index is 1.10. The minimum absolute atomic E-state index is 0.136. The molecule has 166 valence electrons. The second kappa shape index (κ2) is 8.10. The van der Waals surface area contributed by atoms with Gasteiger partial charge in [-0.2, -0.15) is 0 Å². The fourth-order valence-corrected chi connectivity index (χ4v) is 7.49. The highest BCUT2D eigenvalue weighted by atomic mass is 16.1. The maximum Gasteiger partial charge on any atom is 0.220 e. The molecule has 32 heavy (non-hydrogen) atoms. The van der Waals surface area contributed by atoms with E-state index in [9.17, 15) is 4.79 Å². The molecule has 0 spiro atoms. The minimum Gasteiger partial charge on any atom is -0.351 e. The van der Waals surface area contributed by atoms with Gasteiger partial charge in [0, 0.05) is 35.6 Å². The van der Waals surface area contributed by atoms with Crippen LogP contribution in [0.25, 0.3) is 10.9 Å². The Kier molecular flexibility index (Phi) is 5.08. The van der Waals surface area contributed by atoms with Crippen LogP contribution in [0.2, 0.25) is 0 Å². The van der Waals surface area contributed by atoms with Gasteiger partial charge in [-0.05, 0) is 86.3 Å². The molecular weight excluding hydrogens is 392 g/mol. The number of carbonyl (C=O) groups is 1. The van der Waals surface area contributed by atoms with Gasteiger partial charge in [0.25, 0.3) is 0 Å². The molecule has 4 saturated carbocycles. The van der Waals surface area contributed by atoms with Gasteiger partial charge in [-0.15, -0.1) is 0 Å². The largest absolute Gasteiger partial charge is 0.351 e. The van der Waals surface area contributed by atoms with Crippen molar-refractivity contribution in [3.8, 4) is 0 Å². The number of nitrogens with zero attached hydrogens (tertiary/aromatic N) is 1. The summed E-state index contributed by atoms with van der Waals surface area (Å²) in [7, 11) is 0. The zero-order chi connectivity index (χ0) is 21.5. The molecule has 7 rings (SSSR count). The molecule has 0 radical (unpaired) electrons. The van der Waals surface area contributed by atoms with Crippen LogP contribution in [0.1, 0.15) is 62.5 Å². The number of benzene rings is 2. The van der Waals surface area contributed by atoms with Gasteiger partial charge in [0.1, 0.15) is 0 Å². The first-order chi connectivity index (χ1) is 15.7. The summed E-state index contributed by atoms with van der Waals surface area (Å²) < 4.78 is 2.36. The Morgan fingerprint density at radius 2 is 1.56 bits per heavy atom. The molecular formula is C29H34N2O. The number of fused-ring (bicyclic) bond motifs is 1. The van der Waals surface area contributed by atoms with Crippen molar-refractivity contribution in [2.75, 3.05) is 0 Å². The molecule has 1 N–H and O–H groups in total. The van der Waals surface area contributed by atoms with E-state index in [2.05, 4.69) is 70.7 Å². The van der Waals surface area contributed by atoms with Gasteiger partial charge in [-0.3, -0.25) is 4.79 Å². The van der Waals surface area contributed by atoms with E-state index < -0.39 is 0 Å². The minimum atomic E-state index is 0.136. The van der Waals surface area contributed by atoms with E-state index in [0.29, 0.717) is 6.42 Å². The highest BCUT2D eigenvalue weighted by molar-refractivity contribution is 5.84. The second-order valence-electron chi connectivity index (χ2n) is 10.9. The fourth-order valence-electron chi connectivity index (χ4n) is 7.49. The highest BCUT2D eigenvalue weighted by Crippen LogP contribution is 2.55. The van der Waals surface area contributed by atoms with Gasteiger partial charge in [0.05, 0.1) is 0 Å². The van der Waals surface area contributed by atoms with Crippen LogP contribution in [0.3, 0.4) is 0 Å². The average molecular weight is 427 g/mol. The Morgan fingerprint density at radius 1 is 0.906 bits per heavy atom. The molecule has 0 saturated heterocycles. The van der Waals surface area contributed by atoms with E-state index in [4.69, 9.17) is 0 Å². The zero-order valence-corrected chi connectivity index (χ0v) is 18.9. The number of rotatable bonds is 7. The number of aryl methyl sites for hydroxylation is 1. The van der Waals surface area contributed by atoms with E-state index in [0.717, 1.165) is 37.1 Å². The van der Waals surface area contributed by atoms with E-state index in [1.165, 1.54) is 60.6 Å². The van der Waals surface area contributed by atoms with Gasteiger partial charge >= 0.3 is 0 Å². The molecule has 1 heterocycles. The molecule has 4 aliphatic carbocycles. The summed E-state index contributed by atoms with van der Waals surface area (Å²) in [4.78, 5) is 12.9. The van der Waals surface area contributed by atoms with Crippen molar-refractivity contribution < 1.29 is 4.79 Å². The predicted octanol–water partition coefficient (Wildman–Crippen LogP) is 6.10. The molecule has 4 fully saturated rings. The lowest BCUT2D eigenvalue weighted by Crippen LogP contribution is -2.59. The molecule has 3 nitrogen and oxygen atoms in total. The van der Waals surface area contributed by atoms with Crippen molar-refractivity contribution >= 4 is 16.8 Å². The van der Waals surface area contributed by atoms with Crippen LogP contribution in [0.4, 0.5) is 0 Å². The van der Waals surface area contributed by atoms with Crippen molar-refractivity contribution in [2.24, 2.45) is 17.8 Å². The van der Waals surface area contributed by atoms with Crippen LogP contribution in [0.15, 0.2) is 60.8 Å². The lowest BCUT2D eigenvalue weighted by molar-refractivity contribution is -0.126. The van der Waals surface area contributed by atoms with Crippen LogP contribution in [-0.2, 0) is 17.8 Å². The Morgan fingerprint density at radius 3 is 2.28 bits per heavy atom. The first-order valence-corrected chi connectivity index (χ1v) is 12.6. The van der Waals surface area contributed by atoms with E-state index in [1.54, 1.807) is 0 Å². The SMILES string of the molecule is O=C(CCCc1cn(Cc2ccccc2)c2ccccc12)NC12CC3CC(CC(C3)C1)C2. The van der Waals surface area contributed by atoms with Crippen molar-refractivity contribution in [3.05, 3.63) is 71.9 Å². The molecule has 4 bridgehead atoms. The molecule has 1 aromatic heterocycles. The van der Waals surface area contributed by atoms with Crippen LogP contribution in [0.5, 0.6) is 0 Å². The predicted molar refractivity (Wildman–Crippen MR) is 129 cm³/mol. The summed E-state index contributed by atoms with van der Waals surface area (Å²) in [5.74, 6) is 2.90. The van der Waals surface area contributed by atoms with Gasteiger partial charge in [-0.1, -0.05) is 48.5 Å². The molecule has 0 atom stereocenters. The summed E-state index contributed by atoms with van der Waals surface area (Å²) in [6.07, 6.45) is 12.8. The molecule has 3 aromatic rings. The first kappa shape index (κ1) is 20.1. The van der Waals surface area contributed by atoms with Crippen molar-refractivity contribution in [3.63, 3.8) is 0 Å². The normalized spacial score (nSPS) is 28.3. The van der Waals surface area contributed by atoms with Crippen LogP contribution >= 0.6 is 0 Å². The summed E-state index contributed by atoms with van der Waals surface area (Å²) in [5, 5.41) is 4.87. The van der Waals surface area contributed by atoms with Gasteiger partial charge in [0.15, 0.2) is 0 Å². The Labute approximate surface area is 191 Å². The second-order valence-corrected chi connectivity index (χ2v) is 10.9. The molecule has 0 unspecified atom stereocenters. The summed E-state index contributed by atoms with van der Waals surface area (Å²) in [6.45, 7) is 0.883. The summed E-state index contributed by atoms with van der Waals surface area (Å²) >= 11 is 0. The van der Waals surface area contributed by atoms with E-state index >= 15 is 0 Å². The smallest absolute Gasteiger partial charge is 0.220 e. The van der Waals surface area contributed by atoms with Crippen molar-refractivity contribution in [1.82, 2.24) is 9.88 Å². The maximum atomic E-state index is 12.9. The number of nitrogens with one attached hydrogen (secondary N) is 1. The van der Waals surface area contributed by atoms with Gasteiger partial charge in [0.2, 0.25) is 5.91 Å². The van der Waals surface area contributed by atoms with Crippen LogP contribution in [-0.4, -0.2) is 16.0 Å². The number of aromatic nitrogens is 1. The quantitative estimate of drug-likeness (QED) is 0.487. The van der Waals surface area contributed by atoms with Crippen LogP contribution < -0.4 is 5.32 Å². The highest BCUT2D eigenvalue weighted by Gasteiger charge is 2.51. The average Bonchev–Trinajstić information content (AvgIpc) is 3.11. The topological polar surface area (TPSA) is 34.0 Å². The molecule has 0 aliphatic heterocycles. The molecule has 1 amide bonds. The lowest BCUT2D eigenvalue weighted by atomic mass is 9.53. The third-order valence-electron chi connectivity index (χ3n) is 8.36. The maximum absolute atomic E-state index is 12.9. The molecule has 2 aromatic carbocycles. The van der Waals surface area contributed by atoms with E-state index in [1.807, 2.05) is 0 Å². The Bertz CT molecular complexity index is 1080. The van der Waals surface area contributed by atoms with Gasteiger partial charge in [-0.25, -0.2) is 0 Å². The summed E-state index contributed by atoms with van der Waals surface area (Å²) in [5.41, 5.74) is 4.09. The molecule has 4 aliphatic rings. The monoisotopic (exact) mass is 426 g/mol. The van der Waals surface area contributed by atoms with Crippen LogP contribution in [0, 0.1) is 17.8 Å². The Hall–Kier alpha value is -2.55. The van der Waals surface area contributed by atoms with E-state index in [-0.39, 0.29) is 11.4 Å².